The molecular weight excluding hydrogens is 399 g/mol. The summed E-state index contributed by atoms with van der Waals surface area (Å²) in [5.41, 5.74) is -0.0248. The topological polar surface area (TPSA) is 85.2 Å². The van der Waals surface area contributed by atoms with Crippen LogP contribution in [0.4, 0.5) is 20.8 Å². The van der Waals surface area contributed by atoms with Crippen molar-refractivity contribution < 1.29 is 13.9 Å². The molecule has 0 radical (unpaired) electrons. The van der Waals surface area contributed by atoms with Crippen LogP contribution in [0, 0.1) is 11.7 Å². The molecule has 0 atom stereocenters. The van der Waals surface area contributed by atoms with E-state index >= 15 is 0 Å². The van der Waals surface area contributed by atoms with Crippen molar-refractivity contribution >= 4 is 17.7 Å². The van der Waals surface area contributed by atoms with Crippen LogP contribution in [0.1, 0.15) is 25.7 Å². The highest BCUT2D eigenvalue weighted by Crippen LogP contribution is 2.40. The third kappa shape index (κ3) is 3.95. The molecule has 9 heteroatoms. The highest BCUT2D eigenvalue weighted by Gasteiger charge is 2.48. The van der Waals surface area contributed by atoms with E-state index in [9.17, 15) is 9.18 Å². The van der Waals surface area contributed by atoms with Crippen molar-refractivity contribution in [2.75, 3.05) is 23.3 Å². The van der Waals surface area contributed by atoms with Gasteiger partial charge in [0.25, 0.3) is 0 Å². The lowest BCUT2D eigenvalue weighted by molar-refractivity contribution is 0.0148. The molecule has 2 aliphatic rings. The van der Waals surface area contributed by atoms with Gasteiger partial charge in [0.1, 0.15) is 22.9 Å². The maximum atomic E-state index is 13.9. The fourth-order valence-corrected chi connectivity index (χ4v) is 4.34. The first kappa shape index (κ1) is 19.5. The molecule has 2 aromatic heterocycles. The second-order valence-corrected chi connectivity index (χ2v) is 8.12. The number of anilines is 2. The molecule has 1 saturated carbocycles. The summed E-state index contributed by atoms with van der Waals surface area (Å²) in [5, 5.41) is 7.78. The number of hydrogen-bond acceptors (Lipinski definition) is 6. The molecule has 1 amide bonds. The Kier molecular flexibility index (Phi) is 5.01. The quantitative estimate of drug-likeness (QED) is 0.673. The van der Waals surface area contributed by atoms with Gasteiger partial charge in [-0.2, -0.15) is 5.10 Å². The molecule has 1 aliphatic carbocycles. The molecule has 1 N–H and O–H groups in total. The zero-order valence-corrected chi connectivity index (χ0v) is 16.9. The van der Waals surface area contributed by atoms with Crippen molar-refractivity contribution in [1.29, 1.82) is 0 Å². The lowest BCUT2D eigenvalue weighted by Crippen LogP contribution is -2.39. The Morgan fingerprint density at radius 1 is 1.19 bits per heavy atom. The van der Waals surface area contributed by atoms with Crippen molar-refractivity contribution in [2.45, 2.75) is 31.3 Å². The first-order chi connectivity index (χ1) is 15.1. The number of carbonyl (C=O) groups is 1. The molecule has 3 aromatic rings. The van der Waals surface area contributed by atoms with Gasteiger partial charge in [-0.1, -0.05) is 12.1 Å². The fraction of sp³-hybridized carbons (Fsp3) is 0.364. The number of halogens is 1. The molecule has 1 saturated heterocycles. The first-order valence-electron chi connectivity index (χ1n) is 10.4. The van der Waals surface area contributed by atoms with Crippen LogP contribution in [-0.2, 0) is 4.74 Å². The third-order valence-corrected chi connectivity index (χ3v) is 6.07. The van der Waals surface area contributed by atoms with Gasteiger partial charge in [0.2, 0.25) is 0 Å². The molecule has 160 valence electrons. The molecular formula is C22H23FN6O2. The minimum absolute atomic E-state index is 0.309. The number of rotatable bonds is 5. The predicted octanol–water partition coefficient (Wildman–Crippen LogP) is 3.80. The standard InChI is InChI=1S/C22H23FN6O2/c23-17-3-1-2-4-18(17)29-12-7-19(27-29)26-13-16-5-8-22(9-6-16)15-28(21(30)31-22)20-14-24-10-11-25-20/h1-4,7,10-12,14,16H,5-6,8-9,13,15H2,(H,26,27)/t16-,22-. The van der Waals surface area contributed by atoms with Crippen molar-refractivity contribution in [3.63, 3.8) is 0 Å². The molecule has 8 nitrogen and oxygen atoms in total. The second kappa shape index (κ2) is 7.98. The summed E-state index contributed by atoms with van der Waals surface area (Å²) in [6, 6.07) is 8.40. The predicted molar refractivity (Wildman–Crippen MR) is 113 cm³/mol. The smallest absolute Gasteiger partial charge is 0.416 e. The van der Waals surface area contributed by atoms with Crippen molar-refractivity contribution in [2.24, 2.45) is 5.92 Å². The van der Waals surface area contributed by atoms with E-state index in [2.05, 4.69) is 20.4 Å². The Morgan fingerprint density at radius 3 is 2.81 bits per heavy atom. The summed E-state index contributed by atoms with van der Waals surface area (Å²) in [6.07, 6.45) is 9.65. The number of benzene rings is 1. The van der Waals surface area contributed by atoms with Gasteiger partial charge < -0.3 is 10.1 Å². The number of para-hydroxylation sites is 1. The number of aromatic nitrogens is 4. The van der Waals surface area contributed by atoms with Crippen molar-refractivity contribution in [1.82, 2.24) is 19.7 Å². The van der Waals surface area contributed by atoms with Gasteiger partial charge in [-0.25, -0.2) is 18.9 Å². The Bertz CT molecular complexity index is 1060. The van der Waals surface area contributed by atoms with Gasteiger partial charge >= 0.3 is 6.09 Å². The average Bonchev–Trinajstić information content (AvgIpc) is 3.39. The number of ether oxygens (including phenoxy) is 1. The molecule has 5 rings (SSSR count). The average molecular weight is 422 g/mol. The highest BCUT2D eigenvalue weighted by atomic mass is 19.1. The molecule has 1 spiro atoms. The van der Waals surface area contributed by atoms with Crippen LogP contribution in [0.25, 0.3) is 5.69 Å². The summed E-state index contributed by atoms with van der Waals surface area (Å²) in [6.45, 7) is 1.28. The highest BCUT2D eigenvalue weighted by molar-refractivity contribution is 5.88. The van der Waals surface area contributed by atoms with Crippen LogP contribution in [0.3, 0.4) is 0 Å². The van der Waals surface area contributed by atoms with Crippen LogP contribution in [-0.4, -0.2) is 44.5 Å². The number of nitrogens with one attached hydrogen (secondary N) is 1. The largest absolute Gasteiger partial charge is 0.441 e. The van der Waals surface area contributed by atoms with E-state index in [4.69, 9.17) is 4.74 Å². The number of nitrogens with zero attached hydrogens (tertiary/aromatic N) is 5. The van der Waals surface area contributed by atoms with Gasteiger partial charge in [-0.15, -0.1) is 0 Å². The van der Waals surface area contributed by atoms with Crippen LogP contribution < -0.4 is 10.2 Å². The summed E-state index contributed by atoms with van der Waals surface area (Å²) < 4.78 is 21.3. The van der Waals surface area contributed by atoms with E-state index in [1.165, 1.54) is 10.7 Å². The second-order valence-electron chi connectivity index (χ2n) is 8.12. The molecule has 3 heterocycles. The lowest BCUT2D eigenvalue weighted by Gasteiger charge is -2.35. The normalized spacial score (nSPS) is 23.2. The Balaban J connectivity index is 1.15. The van der Waals surface area contributed by atoms with Crippen LogP contribution in [0.15, 0.2) is 55.1 Å². The zero-order valence-electron chi connectivity index (χ0n) is 16.9. The first-order valence-corrected chi connectivity index (χ1v) is 10.4. The maximum Gasteiger partial charge on any atom is 0.416 e. The van der Waals surface area contributed by atoms with E-state index in [1.807, 2.05) is 6.07 Å². The third-order valence-electron chi connectivity index (χ3n) is 6.07. The minimum atomic E-state index is -0.447. The minimum Gasteiger partial charge on any atom is -0.441 e. The van der Waals surface area contributed by atoms with Crippen LogP contribution in [0.2, 0.25) is 0 Å². The molecule has 1 aromatic carbocycles. The number of hydrogen-bond donors (Lipinski definition) is 1. The van der Waals surface area contributed by atoms with E-state index in [0.717, 1.165) is 32.2 Å². The number of carbonyl (C=O) groups excluding carboxylic acids is 1. The molecule has 31 heavy (non-hydrogen) atoms. The Morgan fingerprint density at radius 2 is 2.03 bits per heavy atom. The van der Waals surface area contributed by atoms with Gasteiger partial charge in [0, 0.05) is 31.2 Å². The summed E-state index contributed by atoms with van der Waals surface area (Å²) in [4.78, 5) is 22.2. The number of amides is 1. The molecule has 2 fully saturated rings. The maximum absolute atomic E-state index is 13.9. The van der Waals surface area contributed by atoms with Crippen molar-refractivity contribution in [3.8, 4) is 5.69 Å². The van der Waals surface area contributed by atoms with Gasteiger partial charge in [-0.05, 0) is 43.7 Å². The van der Waals surface area contributed by atoms with Crippen LogP contribution >= 0.6 is 0 Å². The SMILES string of the molecule is O=C1O[C@]2(CC[C@H](CNc3ccn(-c4ccccc4F)n3)CC2)CN1c1cnccn1. The summed E-state index contributed by atoms with van der Waals surface area (Å²) in [7, 11) is 0. The van der Waals surface area contributed by atoms with E-state index in [1.54, 1.807) is 47.9 Å². The fourth-order valence-electron chi connectivity index (χ4n) is 4.34. The Hall–Kier alpha value is -3.49. The zero-order chi connectivity index (χ0) is 21.3. The molecule has 0 bridgehead atoms. The van der Waals surface area contributed by atoms with Crippen molar-refractivity contribution in [3.05, 3.63) is 60.9 Å². The summed E-state index contributed by atoms with van der Waals surface area (Å²) in [5.74, 6) is 1.38. The molecule has 1 aliphatic heterocycles. The van der Waals surface area contributed by atoms with Gasteiger partial charge in [-0.3, -0.25) is 9.88 Å². The molecule has 0 unspecified atom stereocenters. The van der Waals surface area contributed by atoms with E-state index in [-0.39, 0.29) is 11.9 Å². The monoisotopic (exact) mass is 422 g/mol. The van der Waals surface area contributed by atoms with E-state index in [0.29, 0.717) is 29.8 Å². The lowest BCUT2D eigenvalue weighted by atomic mass is 9.78. The van der Waals surface area contributed by atoms with Gasteiger partial charge in [0.15, 0.2) is 5.82 Å². The van der Waals surface area contributed by atoms with Gasteiger partial charge in [0.05, 0.1) is 12.7 Å². The summed E-state index contributed by atoms with van der Waals surface area (Å²) >= 11 is 0. The van der Waals surface area contributed by atoms with E-state index < -0.39 is 5.60 Å². The Labute approximate surface area is 179 Å². The van der Waals surface area contributed by atoms with Crippen LogP contribution in [0.5, 0.6) is 0 Å².